The SMILES string of the molecule is COC(=O)CCCCCN1[C@@H](CO)[C@H](O)[C@@H](O)[C@@H]1CNS(=O)(=O)c1cccc2c(N(C)C)cccc12. The zero-order valence-electron chi connectivity index (χ0n) is 21.0. The molecule has 3 rings (SSSR count). The lowest BCUT2D eigenvalue weighted by molar-refractivity contribution is -0.140. The molecule has 1 saturated heterocycles. The number of likely N-dealkylation sites (tertiary alicyclic amines) is 1. The Kier molecular flexibility index (Phi) is 9.67. The number of benzene rings is 2. The highest BCUT2D eigenvalue weighted by atomic mass is 32.2. The van der Waals surface area contributed by atoms with Crippen molar-refractivity contribution in [1.82, 2.24) is 9.62 Å². The molecule has 0 aromatic heterocycles. The zero-order valence-corrected chi connectivity index (χ0v) is 21.8. The lowest BCUT2D eigenvalue weighted by Gasteiger charge is -2.29. The molecule has 1 aliphatic rings. The van der Waals surface area contributed by atoms with Crippen LogP contribution in [-0.4, -0.2) is 99.8 Å². The van der Waals surface area contributed by atoms with Crippen LogP contribution < -0.4 is 9.62 Å². The lowest BCUT2D eigenvalue weighted by atomic mass is 10.1. The smallest absolute Gasteiger partial charge is 0.305 e. The summed E-state index contributed by atoms with van der Waals surface area (Å²) in [7, 11) is 1.17. The van der Waals surface area contributed by atoms with Gasteiger partial charge in [-0.2, -0.15) is 0 Å². The van der Waals surface area contributed by atoms with Crippen molar-refractivity contribution in [3.05, 3.63) is 36.4 Å². The molecule has 0 aliphatic carbocycles. The Hall–Kier alpha value is -2.28. The van der Waals surface area contributed by atoms with Gasteiger partial charge in [-0.3, -0.25) is 9.69 Å². The Morgan fingerprint density at radius 3 is 2.36 bits per heavy atom. The number of carbonyl (C=O) groups excluding carboxylic acids is 1. The summed E-state index contributed by atoms with van der Waals surface area (Å²) < 4.78 is 33.9. The van der Waals surface area contributed by atoms with Gasteiger partial charge in [-0.15, -0.1) is 0 Å². The first-order chi connectivity index (χ1) is 17.1. The van der Waals surface area contributed by atoms with Crippen LogP contribution in [0.25, 0.3) is 10.8 Å². The van der Waals surface area contributed by atoms with E-state index < -0.39 is 34.3 Å². The molecule has 36 heavy (non-hydrogen) atoms. The summed E-state index contributed by atoms with van der Waals surface area (Å²) in [5.74, 6) is -0.284. The molecule has 4 N–H and O–H groups in total. The van der Waals surface area contributed by atoms with Crippen molar-refractivity contribution in [3.8, 4) is 0 Å². The highest BCUT2D eigenvalue weighted by Gasteiger charge is 2.47. The van der Waals surface area contributed by atoms with Crippen molar-refractivity contribution in [2.45, 2.75) is 54.9 Å². The Bertz CT molecular complexity index is 1140. The summed E-state index contributed by atoms with van der Waals surface area (Å²) >= 11 is 0. The molecule has 1 fully saturated rings. The molecule has 0 unspecified atom stereocenters. The van der Waals surface area contributed by atoms with Gasteiger partial charge in [0.15, 0.2) is 0 Å². The summed E-state index contributed by atoms with van der Waals surface area (Å²) in [6.07, 6.45) is -0.157. The number of aliphatic hydroxyl groups excluding tert-OH is 3. The first kappa shape index (κ1) is 28.3. The first-order valence-electron chi connectivity index (χ1n) is 12.1. The van der Waals surface area contributed by atoms with Gasteiger partial charge in [0.2, 0.25) is 10.0 Å². The molecule has 11 heteroatoms. The van der Waals surface area contributed by atoms with Gasteiger partial charge < -0.3 is 25.0 Å². The monoisotopic (exact) mass is 523 g/mol. The lowest BCUT2D eigenvalue weighted by Crippen LogP contribution is -2.47. The van der Waals surface area contributed by atoms with Gasteiger partial charge in [-0.05, 0) is 31.5 Å². The van der Waals surface area contributed by atoms with Gasteiger partial charge in [0.05, 0.1) is 42.9 Å². The summed E-state index contributed by atoms with van der Waals surface area (Å²) in [6.45, 7) is -0.0867. The molecule has 200 valence electrons. The number of sulfonamides is 1. The maximum atomic E-state index is 13.3. The molecule has 0 saturated carbocycles. The van der Waals surface area contributed by atoms with E-state index in [2.05, 4.69) is 9.46 Å². The third-order valence-electron chi connectivity index (χ3n) is 6.82. The van der Waals surface area contributed by atoms with Gasteiger partial charge >= 0.3 is 5.97 Å². The summed E-state index contributed by atoms with van der Waals surface area (Å²) in [5.41, 5.74) is 0.892. The van der Waals surface area contributed by atoms with Crippen LogP contribution in [0.5, 0.6) is 0 Å². The van der Waals surface area contributed by atoms with Crippen molar-refractivity contribution >= 4 is 32.5 Å². The van der Waals surface area contributed by atoms with Crippen LogP contribution in [0.2, 0.25) is 0 Å². The predicted molar refractivity (Wildman–Crippen MR) is 137 cm³/mol. The standard InChI is InChI=1S/C25H37N3O7S/c1-27(2)19-11-7-10-18-17(19)9-8-12-22(18)36(33,34)26-15-20-24(31)25(32)21(16-29)28(20)14-6-4-5-13-23(30)35-3/h7-12,20-21,24-26,29,31-32H,4-6,13-16H2,1-3H3/t20-,21-,24-,25-/m0/s1. The molecule has 1 heterocycles. The number of nitrogens with zero attached hydrogens (tertiary/aromatic N) is 2. The summed E-state index contributed by atoms with van der Waals surface area (Å²) in [6, 6.07) is 9.15. The molecular formula is C25H37N3O7S. The topological polar surface area (TPSA) is 140 Å². The van der Waals surface area contributed by atoms with E-state index in [0.29, 0.717) is 37.6 Å². The number of hydrogen-bond acceptors (Lipinski definition) is 9. The second-order valence-corrected chi connectivity index (χ2v) is 11.0. The van der Waals surface area contributed by atoms with Gasteiger partial charge in [-0.1, -0.05) is 30.7 Å². The Morgan fingerprint density at radius 2 is 1.69 bits per heavy atom. The van der Waals surface area contributed by atoms with Crippen LogP contribution in [0.3, 0.4) is 0 Å². The third kappa shape index (κ3) is 6.16. The van der Waals surface area contributed by atoms with Crippen LogP contribution in [0.15, 0.2) is 41.3 Å². The van der Waals surface area contributed by atoms with Gasteiger partial charge in [0.1, 0.15) is 0 Å². The number of fused-ring (bicyclic) bond motifs is 1. The molecule has 10 nitrogen and oxygen atoms in total. The highest BCUT2D eigenvalue weighted by Crippen LogP contribution is 2.31. The highest BCUT2D eigenvalue weighted by molar-refractivity contribution is 7.89. The van der Waals surface area contributed by atoms with Crippen molar-refractivity contribution in [2.75, 3.05) is 45.8 Å². The van der Waals surface area contributed by atoms with Crippen molar-refractivity contribution in [2.24, 2.45) is 0 Å². The van der Waals surface area contributed by atoms with Gasteiger partial charge in [0.25, 0.3) is 0 Å². The van der Waals surface area contributed by atoms with E-state index >= 15 is 0 Å². The average molecular weight is 524 g/mol. The van der Waals surface area contributed by atoms with E-state index in [9.17, 15) is 28.5 Å². The third-order valence-corrected chi connectivity index (χ3v) is 8.30. The number of aliphatic hydroxyl groups is 3. The summed E-state index contributed by atoms with van der Waals surface area (Å²) in [5, 5.41) is 32.4. The van der Waals surface area contributed by atoms with Crippen molar-refractivity contribution in [3.63, 3.8) is 0 Å². The van der Waals surface area contributed by atoms with Gasteiger partial charge in [0, 0.05) is 43.5 Å². The molecule has 1 aliphatic heterocycles. The molecule has 4 atom stereocenters. The number of methoxy groups -OCH3 is 1. The number of ether oxygens (including phenoxy) is 1. The van der Waals surface area contributed by atoms with Crippen LogP contribution in [0, 0.1) is 0 Å². The Labute approximate surface area is 212 Å². The molecular weight excluding hydrogens is 486 g/mol. The van der Waals surface area contributed by atoms with E-state index in [1.165, 1.54) is 7.11 Å². The number of esters is 1. The first-order valence-corrected chi connectivity index (χ1v) is 13.6. The van der Waals surface area contributed by atoms with E-state index in [1.54, 1.807) is 23.1 Å². The van der Waals surface area contributed by atoms with Crippen molar-refractivity contribution in [1.29, 1.82) is 0 Å². The van der Waals surface area contributed by atoms with E-state index in [-0.39, 0.29) is 24.0 Å². The predicted octanol–water partition coefficient (Wildman–Crippen LogP) is 0.684. The minimum absolute atomic E-state index is 0.129. The minimum atomic E-state index is -3.95. The molecule has 2 aromatic carbocycles. The number of carbonyl (C=O) groups is 1. The van der Waals surface area contributed by atoms with E-state index in [1.807, 2.05) is 37.2 Å². The second-order valence-electron chi connectivity index (χ2n) is 9.30. The fraction of sp³-hybridized carbons (Fsp3) is 0.560. The number of unbranched alkanes of at least 4 members (excludes halogenated alkanes) is 2. The van der Waals surface area contributed by atoms with E-state index in [4.69, 9.17) is 0 Å². The molecule has 0 bridgehead atoms. The quantitative estimate of drug-likeness (QED) is 0.234. The van der Waals surface area contributed by atoms with Gasteiger partial charge in [-0.25, -0.2) is 13.1 Å². The van der Waals surface area contributed by atoms with Crippen molar-refractivity contribution < 1.29 is 33.3 Å². The molecule has 0 spiro atoms. The Balaban J connectivity index is 1.75. The number of rotatable bonds is 12. The fourth-order valence-corrected chi connectivity index (χ4v) is 6.15. The van der Waals surface area contributed by atoms with Crippen LogP contribution in [0.1, 0.15) is 25.7 Å². The molecule has 0 radical (unpaired) electrons. The maximum absolute atomic E-state index is 13.3. The van der Waals surface area contributed by atoms with Crippen LogP contribution in [0.4, 0.5) is 5.69 Å². The average Bonchev–Trinajstić information content (AvgIpc) is 3.09. The maximum Gasteiger partial charge on any atom is 0.305 e. The number of anilines is 1. The van der Waals surface area contributed by atoms with Crippen LogP contribution in [-0.2, 0) is 19.6 Å². The largest absolute Gasteiger partial charge is 0.469 e. The zero-order chi connectivity index (χ0) is 26.5. The normalized spacial score (nSPS) is 22.7. The molecule has 2 aromatic rings. The Morgan fingerprint density at radius 1 is 1.03 bits per heavy atom. The molecule has 0 amide bonds. The number of nitrogens with one attached hydrogen (secondary N) is 1. The van der Waals surface area contributed by atoms with E-state index in [0.717, 1.165) is 11.1 Å². The second kappa shape index (κ2) is 12.3. The number of hydrogen-bond donors (Lipinski definition) is 4. The fourth-order valence-electron chi connectivity index (χ4n) is 4.88. The summed E-state index contributed by atoms with van der Waals surface area (Å²) in [4.78, 5) is 15.1. The minimum Gasteiger partial charge on any atom is -0.469 e. The van der Waals surface area contributed by atoms with Crippen LogP contribution >= 0.6 is 0 Å².